The van der Waals surface area contributed by atoms with E-state index in [0.717, 1.165) is 231 Å². The second kappa shape index (κ2) is 86.9. The van der Waals surface area contributed by atoms with E-state index in [1.165, 1.54) is 385 Å². The van der Waals surface area contributed by atoms with Crippen LogP contribution in [0.2, 0.25) is 0 Å². The van der Waals surface area contributed by atoms with Crippen molar-refractivity contribution < 1.29 is 60.9 Å². The van der Waals surface area contributed by atoms with Crippen molar-refractivity contribution in [3.8, 4) is 62.8 Å². The van der Waals surface area contributed by atoms with Gasteiger partial charge in [-0.2, -0.15) is 0 Å². The number of ether oxygens (including phenoxy) is 9. The minimum absolute atomic E-state index is 0.582. The summed E-state index contributed by atoms with van der Waals surface area (Å²) in [7, 11) is 4.64. The molecule has 2 aliphatic heterocycles. The van der Waals surface area contributed by atoms with E-state index >= 15 is 0 Å². The van der Waals surface area contributed by atoms with Gasteiger partial charge in [-0.1, -0.05) is 512 Å². The van der Waals surface area contributed by atoms with Gasteiger partial charge in [0.25, 0.3) is 6.61 Å². The Kier molecular flexibility index (Phi) is 75.2. The molecule has 0 bridgehead atoms. The van der Waals surface area contributed by atoms with Crippen molar-refractivity contribution >= 4 is 26.6 Å². The van der Waals surface area contributed by atoms with Crippen molar-refractivity contribution in [1.29, 1.82) is 0 Å². The molecule has 7 rings (SSSR count). The van der Waals surface area contributed by atoms with E-state index in [9.17, 15) is 0 Å². The first-order chi connectivity index (χ1) is 72.3. The lowest BCUT2D eigenvalue weighted by atomic mass is 9.99. The normalized spacial score (nSPS) is 13.0. The highest BCUT2D eigenvalue weighted by Gasteiger charge is 2.43. The Morgan fingerprint density at radius 1 is 0.233 bits per heavy atom. The molecule has 0 unspecified atom stereocenters. The number of carbonyl (C=O) groups excluding carboxylic acids is 1. The number of unbranched alkanes of at least 4 members (excludes halogenated alkanes) is 70. The average Bonchev–Trinajstić information content (AvgIpc) is 1.57. The molecule has 1 aliphatic carbocycles. The van der Waals surface area contributed by atoms with E-state index in [-0.39, 0.29) is 0 Å². The predicted octanol–water partition coefficient (Wildman–Crippen LogP) is 39.7. The van der Waals surface area contributed by atoms with E-state index in [2.05, 4.69) is 176 Å². The highest BCUT2D eigenvalue weighted by atomic mass is 16.5. The molecule has 3 aromatic carbocycles. The van der Waals surface area contributed by atoms with Crippen LogP contribution in [-0.4, -0.2) is 101 Å². The molecule has 3 heterocycles. The van der Waals surface area contributed by atoms with Crippen molar-refractivity contribution in [2.75, 3.05) is 66.1 Å². The van der Waals surface area contributed by atoms with Gasteiger partial charge in [0.15, 0.2) is 40.2 Å². The largest absolute Gasteiger partial charge is 0.605 e. The standard InChI is InChI=1S/C130H222B2N4O10/c1-11-21-31-41-51-61-71-81-95-137-121-93-91-113(105-123(121)139-97-83-73-63-53-43-33-23-13-3)117-111-119(115-107-125(141-99-85-75-65-55-45-35-25-15-5)129(145-103-89-79-69-59-49-39-29-19-9)126(108-115)142-100-86-76-66-56-46-36-26-16-6)135-132-134-118(114-92-94-122(138-96-82-72-62-52-42-32-22-12-2)124(106-114)140-98-84-74-64-54-44-34-24-14-4)112-120(136(134)131-133(117)135)116-109-127(143-101-87-77-67-57-47-37-27-17-7)130(146-104-90-80-70-60-50-40-30-20-10)128(110-116)144-102-88-78-68-58-48-38-28-18-8/h91-94,105-112H,11-90,95-104H2,1-10H3/q+2. The first-order valence-electron chi connectivity index (χ1n) is 63.3. The maximum absolute atomic E-state index is 7.33. The molecule has 16 heteroatoms. The second-order valence-corrected chi connectivity index (χ2v) is 43.6. The molecule has 3 aliphatic rings. The van der Waals surface area contributed by atoms with Gasteiger partial charge in [0.05, 0.1) is 87.9 Å². The fourth-order valence-electron chi connectivity index (χ4n) is 20.7. The van der Waals surface area contributed by atoms with Gasteiger partial charge < -0.3 is 51.8 Å². The number of ketones is 1. The van der Waals surface area contributed by atoms with Gasteiger partial charge in [0.2, 0.25) is 28.7 Å². The second-order valence-electron chi connectivity index (χ2n) is 43.6. The van der Waals surface area contributed by atoms with E-state index in [1.807, 2.05) is 0 Å². The molecule has 4 radical (unpaired) electrons. The van der Waals surface area contributed by atoms with Crippen LogP contribution in [0.1, 0.15) is 588 Å². The van der Waals surface area contributed by atoms with Gasteiger partial charge in [-0.05, 0) is 113 Å². The van der Waals surface area contributed by atoms with Crippen molar-refractivity contribution in [3.05, 3.63) is 101 Å². The molecule has 0 spiro atoms. The molecular weight excluding hydrogens is 1800 g/mol. The van der Waals surface area contributed by atoms with Crippen molar-refractivity contribution in [2.45, 2.75) is 583 Å². The Labute approximate surface area is 899 Å². The fraction of sp³-hybridized carbons (Fsp3) is 0.769. The Morgan fingerprint density at radius 3 is 0.801 bits per heavy atom. The number of benzene rings is 3. The summed E-state index contributed by atoms with van der Waals surface area (Å²) in [6.45, 7) is 29.1. The number of fused-ring (bicyclic) bond motifs is 1. The molecule has 826 valence electrons. The summed E-state index contributed by atoms with van der Waals surface area (Å²) in [6.07, 6.45) is 105. The van der Waals surface area contributed by atoms with Crippen LogP contribution < -0.4 is 37.8 Å². The number of hydrogen-bond acceptors (Lipinski definition) is 9. The van der Waals surface area contributed by atoms with Crippen LogP contribution in [0.3, 0.4) is 0 Å². The summed E-state index contributed by atoms with van der Waals surface area (Å²) in [5, 5.41) is 0. The molecule has 0 N–H and O–H groups in total. The topological polar surface area (TPSA) is 109 Å². The number of rotatable bonds is 102. The zero-order chi connectivity index (χ0) is 103. The van der Waals surface area contributed by atoms with E-state index in [1.54, 1.807) is 0 Å². The summed E-state index contributed by atoms with van der Waals surface area (Å²) in [5.41, 5.74) is 7.86. The average molecular weight is 2020 g/mol. The summed E-state index contributed by atoms with van der Waals surface area (Å²) in [5.74, 6) is 7.56. The van der Waals surface area contributed by atoms with Crippen LogP contribution in [-0.2, 0) is 13.9 Å². The molecule has 14 nitrogen and oxygen atoms in total. The third-order valence-corrected chi connectivity index (χ3v) is 30.1. The monoisotopic (exact) mass is 2020 g/mol. The van der Waals surface area contributed by atoms with Crippen LogP contribution in [0.4, 0.5) is 0 Å². The molecule has 146 heavy (non-hydrogen) atoms. The lowest BCUT2D eigenvalue weighted by Gasteiger charge is -2.25. The summed E-state index contributed by atoms with van der Waals surface area (Å²) >= 11 is 0. The molecule has 0 amide bonds. The molecule has 4 aromatic rings. The maximum atomic E-state index is 7.33. The quantitative estimate of drug-likeness (QED) is 0.0242. The Balaban J connectivity index is 1.53. The van der Waals surface area contributed by atoms with Crippen LogP contribution in [0, 0.1) is 0 Å². The zero-order valence-corrected chi connectivity index (χ0v) is 96.6. The van der Waals surface area contributed by atoms with Crippen molar-refractivity contribution in [2.24, 2.45) is 0 Å². The summed E-state index contributed by atoms with van der Waals surface area (Å²) in [4.78, 5) is 0. The third-order valence-electron chi connectivity index (χ3n) is 30.1. The van der Waals surface area contributed by atoms with Crippen LogP contribution in [0.5, 0.6) is 40.2 Å². The van der Waals surface area contributed by atoms with E-state index in [4.69, 9.17) is 47.1 Å². The molecule has 0 atom stereocenters. The maximum Gasteiger partial charge on any atom is 0.605 e. The third kappa shape index (κ3) is 54.1. The number of nitrogens with zero attached hydrogens (tertiary/aromatic N) is 4. The van der Waals surface area contributed by atoms with Crippen molar-refractivity contribution in [3.63, 3.8) is 0 Å². The highest BCUT2D eigenvalue weighted by Crippen LogP contribution is 2.45. The number of allylic oxidation sites excluding steroid dienone is 4. The smallest absolute Gasteiger partial charge is 0.490 e. The van der Waals surface area contributed by atoms with Crippen LogP contribution in [0.15, 0.2) is 95.6 Å². The highest BCUT2D eigenvalue weighted by molar-refractivity contribution is 6.27. The molecule has 1 aromatic heterocycles. The first kappa shape index (κ1) is 126. The zero-order valence-electron chi connectivity index (χ0n) is 96.6. The molecular formula is C130H222B2N4O10+2. The van der Waals surface area contributed by atoms with E-state index < -0.39 is 0 Å². The minimum atomic E-state index is 0.582. The van der Waals surface area contributed by atoms with Gasteiger partial charge in [-0.25, -0.2) is 9.03 Å². The summed E-state index contributed by atoms with van der Waals surface area (Å²) < 4.78 is 81.5. The lowest BCUT2D eigenvalue weighted by molar-refractivity contribution is -0.877. The van der Waals surface area contributed by atoms with Crippen molar-refractivity contribution in [1.82, 2.24) is 4.59 Å². The van der Waals surface area contributed by atoms with Gasteiger partial charge in [-0.15, -0.1) is 0 Å². The Hall–Kier alpha value is -6.57. The number of azo groups is 1. The Bertz CT molecular complexity index is 4020. The van der Waals surface area contributed by atoms with Gasteiger partial charge >= 0.3 is 20.9 Å². The lowest BCUT2D eigenvalue weighted by Crippen LogP contribution is -2.62. The first-order valence-corrected chi connectivity index (χ1v) is 63.3. The van der Waals surface area contributed by atoms with E-state index in [0.29, 0.717) is 66.1 Å². The number of aromatic nitrogens is 2. The molecule has 0 saturated heterocycles. The van der Waals surface area contributed by atoms with Crippen LogP contribution in [0.25, 0.3) is 28.2 Å². The molecule has 0 saturated carbocycles. The fourth-order valence-corrected chi connectivity index (χ4v) is 20.7. The van der Waals surface area contributed by atoms with Gasteiger partial charge in [-0.3, -0.25) is 4.61 Å². The van der Waals surface area contributed by atoms with Crippen LogP contribution >= 0.6 is 0 Å². The molecule has 0 fully saturated rings. The Morgan fingerprint density at radius 2 is 0.486 bits per heavy atom. The van der Waals surface area contributed by atoms with Gasteiger partial charge in [0.1, 0.15) is 0 Å². The number of hydrogen-bond donors (Lipinski definition) is 0. The SMILES string of the molecule is CCCCCCCCCCOC1=CC(=C2C=C(c3ccc(OCCCCCCCCCC)c(OCCCCCCCCCC)c3)[N+]3=[N+]2[B-]n2c(-c4ccc(OCCCCCCCCCC)c(OCCCCCCCCCC)c4)cc(-c4cc(OCCCCCCCCCC)c(OCCCCCCCCCC)c(OCCCCCCCCCC)c4)[n+]2[B-]3)C=C(OCCCCCCCCCC)C1=[O+]CCCCCCCCCC. The van der Waals surface area contributed by atoms with Gasteiger partial charge in [0, 0.05) is 30.2 Å². The predicted molar refractivity (Wildman–Crippen MR) is 622 cm³/mol. The minimum Gasteiger partial charge on any atom is -0.490 e. The summed E-state index contributed by atoms with van der Waals surface area (Å²) in [6, 6.07) is 20.5.